The van der Waals surface area contributed by atoms with Crippen molar-refractivity contribution in [3.63, 3.8) is 0 Å². The molecule has 1 aliphatic heterocycles. The maximum absolute atomic E-state index is 13.5. The number of benzene rings is 3. The van der Waals surface area contributed by atoms with Crippen LogP contribution < -0.4 is 10.0 Å². The van der Waals surface area contributed by atoms with Gasteiger partial charge in [0.2, 0.25) is 0 Å². The lowest BCUT2D eigenvalue weighted by Crippen LogP contribution is -2.18. The Balaban J connectivity index is 2.09. The van der Waals surface area contributed by atoms with Crippen molar-refractivity contribution >= 4 is 23.7 Å². The van der Waals surface area contributed by atoms with Crippen molar-refractivity contribution in [3.05, 3.63) is 59.2 Å². The van der Waals surface area contributed by atoms with Crippen LogP contribution in [0.15, 0.2) is 42.5 Å². The van der Waals surface area contributed by atoms with E-state index in [1.165, 1.54) is 0 Å². The van der Waals surface area contributed by atoms with E-state index in [2.05, 4.69) is 0 Å². The molecule has 1 heterocycles. The van der Waals surface area contributed by atoms with Crippen molar-refractivity contribution in [2.45, 2.75) is 46.5 Å². The van der Waals surface area contributed by atoms with E-state index in [1.54, 1.807) is 13.2 Å². The monoisotopic (exact) mass is 426 g/mol. The lowest BCUT2D eigenvalue weighted by atomic mass is 9.90. The Morgan fingerprint density at radius 1 is 1.17 bits per heavy atom. The third kappa shape index (κ3) is 3.57. The van der Waals surface area contributed by atoms with Crippen LogP contribution in [0.5, 0.6) is 5.75 Å². The topological polar surface area (TPSA) is 65.0 Å². The van der Waals surface area contributed by atoms with Gasteiger partial charge in [0, 0.05) is 11.1 Å². The summed E-state index contributed by atoms with van der Waals surface area (Å²) in [6, 6.07) is 13.7. The molecular formula is C24H27O5P. The van der Waals surface area contributed by atoms with Gasteiger partial charge in [-0.15, -0.1) is 0 Å². The van der Waals surface area contributed by atoms with Crippen LogP contribution in [0.2, 0.25) is 0 Å². The second-order valence-electron chi connectivity index (χ2n) is 7.73. The molecule has 0 spiro atoms. The molecule has 6 heteroatoms. The predicted molar refractivity (Wildman–Crippen MR) is 119 cm³/mol. The van der Waals surface area contributed by atoms with Gasteiger partial charge in [0.05, 0.1) is 31.7 Å². The highest BCUT2D eigenvalue weighted by atomic mass is 31.2. The highest BCUT2D eigenvalue weighted by Gasteiger charge is 2.34. The van der Waals surface area contributed by atoms with Crippen LogP contribution in [0, 0.1) is 6.92 Å². The summed E-state index contributed by atoms with van der Waals surface area (Å²) in [5.41, 5.74) is 4.43. The Labute approximate surface area is 177 Å². The largest absolute Gasteiger partial charge is 0.496 e. The third-order valence-electron chi connectivity index (χ3n) is 5.85. The van der Waals surface area contributed by atoms with Crippen LogP contribution in [0.4, 0.5) is 0 Å². The molecule has 158 valence electrons. The number of hydrogen-bond donors (Lipinski definition) is 1. The van der Waals surface area contributed by atoms with Gasteiger partial charge < -0.3 is 18.9 Å². The van der Waals surface area contributed by atoms with Crippen molar-refractivity contribution < 1.29 is 23.5 Å². The van der Waals surface area contributed by atoms with Crippen molar-refractivity contribution in [2.75, 3.05) is 7.11 Å². The van der Waals surface area contributed by atoms with Gasteiger partial charge in [-0.3, -0.25) is 4.57 Å². The summed E-state index contributed by atoms with van der Waals surface area (Å²) >= 11 is 0. The van der Waals surface area contributed by atoms with Gasteiger partial charge in [-0.25, -0.2) is 0 Å². The zero-order valence-electron chi connectivity index (χ0n) is 17.8. The molecule has 1 N–H and O–H groups in total. The molecule has 0 fully saturated rings. The van der Waals surface area contributed by atoms with Crippen LogP contribution in [-0.2, 0) is 27.0 Å². The molecule has 5 nitrogen and oxygen atoms in total. The Bertz CT molecular complexity index is 1150. The minimum atomic E-state index is -4.10. The van der Waals surface area contributed by atoms with Crippen molar-refractivity contribution in [3.8, 4) is 16.9 Å². The number of ether oxygens (including phenoxy) is 2. The number of methoxy groups -OCH3 is 1. The second kappa shape index (κ2) is 8.16. The number of hydrogen-bond acceptors (Lipinski definition) is 4. The van der Waals surface area contributed by atoms with Crippen LogP contribution in [0.3, 0.4) is 0 Å². The van der Waals surface area contributed by atoms with E-state index in [1.807, 2.05) is 57.2 Å². The fourth-order valence-corrected chi connectivity index (χ4v) is 5.73. The highest BCUT2D eigenvalue weighted by Crippen LogP contribution is 2.50. The molecule has 0 radical (unpaired) electrons. The fourth-order valence-electron chi connectivity index (χ4n) is 4.09. The maximum atomic E-state index is 13.5. The van der Waals surface area contributed by atoms with Gasteiger partial charge in [-0.1, -0.05) is 37.3 Å². The SMILES string of the molecule is CCC(C)OP(=O)(O)c1cc2c(c(C)c1-c1c(OC)ccc3ccccc13)COC2. The molecule has 0 saturated carbocycles. The minimum absolute atomic E-state index is 0.305. The molecule has 0 aromatic heterocycles. The molecule has 2 atom stereocenters. The Morgan fingerprint density at radius 2 is 1.93 bits per heavy atom. The summed E-state index contributed by atoms with van der Waals surface area (Å²) in [4.78, 5) is 11.1. The summed E-state index contributed by atoms with van der Waals surface area (Å²) in [6.45, 7) is 6.64. The van der Waals surface area contributed by atoms with E-state index >= 15 is 0 Å². The van der Waals surface area contributed by atoms with Gasteiger partial charge in [0.25, 0.3) is 0 Å². The highest BCUT2D eigenvalue weighted by molar-refractivity contribution is 7.61. The van der Waals surface area contributed by atoms with Gasteiger partial charge in [-0.2, -0.15) is 0 Å². The minimum Gasteiger partial charge on any atom is -0.496 e. The zero-order valence-corrected chi connectivity index (χ0v) is 18.7. The van der Waals surface area contributed by atoms with E-state index < -0.39 is 7.60 Å². The average molecular weight is 426 g/mol. The maximum Gasteiger partial charge on any atom is 0.359 e. The Morgan fingerprint density at radius 3 is 2.67 bits per heavy atom. The second-order valence-corrected chi connectivity index (χ2v) is 9.47. The van der Waals surface area contributed by atoms with E-state index in [0.717, 1.165) is 33.0 Å². The molecular weight excluding hydrogens is 399 g/mol. The van der Waals surface area contributed by atoms with Crippen LogP contribution in [0.25, 0.3) is 21.9 Å². The normalized spacial score (nSPS) is 16.3. The third-order valence-corrected chi connectivity index (χ3v) is 7.46. The average Bonchev–Trinajstić information content (AvgIpc) is 3.22. The molecule has 0 aliphatic carbocycles. The van der Waals surface area contributed by atoms with Crippen molar-refractivity contribution in [1.29, 1.82) is 0 Å². The lowest BCUT2D eigenvalue weighted by Gasteiger charge is -2.24. The van der Waals surface area contributed by atoms with Gasteiger partial charge >= 0.3 is 7.60 Å². The first-order chi connectivity index (χ1) is 14.4. The summed E-state index contributed by atoms with van der Waals surface area (Å²) in [5, 5.41) is 2.30. The quantitative estimate of drug-likeness (QED) is 0.529. The van der Waals surface area contributed by atoms with Crippen LogP contribution in [0.1, 0.15) is 37.0 Å². The molecule has 1 aliphatic rings. The summed E-state index contributed by atoms with van der Waals surface area (Å²) in [7, 11) is -2.48. The summed E-state index contributed by atoms with van der Waals surface area (Å²) in [5.74, 6) is 0.653. The predicted octanol–water partition coefficient (Wildman–Crippen LogP) is 5.48. The first kappa shape index (κ1) is 21.1. The number of fused-ring (bicyclic) bond motifs is 2. The molecule has 0 amide bonds. The summed E-state index contributed by atoms with van der Waals surface area (Å²) in [6.07, 6.45) is 0.303. The first-order valence-electron chi connectivity index (χ1n) is 10.2. The van der Waals surface area contributed by atoms with Crippen LogP contribution in [-0.4, -0.2) is 18.1 Å². The standard InChI is InChI=1S/C24H27O5P/c1-5-15(2)29-30(25,26)22-12-18-13-28-14-20(18)16(3)23(22)24-19-9-7-6-8-17(19)10-11-21(24)27-4/h6-12,15H,5,13-14H2,1-4H3,(H,25,26). The molecule has 30 heavy (non-hydrogen) atoms. The number of rotatable bonds is 6. The summed E-state index contributed by atoms with van der Waals surface area (Å²) < 4.78 is 30.5. The molecule has 2 unspecified atom stereocenters. The van der Waals surface area contributed by atoms with Crippen molar-refractivity contribution in [1.82, 2.24) is 0 Å². The molecule has 3 aromatic carbocycles. The van der Waals surface area contributed by atoms with E-state index in [0.29, 0.717) is 36.3 Å². The van der Waals surface area contributed by atoms with Gasteiger partial charge in [-0.05, 0) is 59.9 Å². The molecule has 0 bridgehead atoms. The van der Waals surface area contributed by atoms with E-state index in [4.69, 9.17) is 14.0 Å². The molecule has 4 rings (SSSR count). The Hall–Kier alpha value is -2.17. The zero-order chi connectivity index (χ0) is 21.5. The van der Waals surface area contributed by atoms with E-state index in [9.17, 15) is 9.46 Å². The van der Waals surface area contributed by atoms with E-state index in [-0.39, 0.29) is 6.10 Å². The molecule has 3 aromatic rings. The smallest absolute Gasteiger partial charge is 0.359 e. The molecule has 0 saturated heterocycles. The fraction of sp³-hybridized carbons (Fsp3) is 0.333. The van der Waals surface area contributed by atoms with Crippen LogP contribution >= 0.6 is 7.60 Å². The van der Waals surface area contributed by atoms with Crippen molar-refractivity contribution in [2.24, 2.45) is 0 Å². The van der Waals surface area contributed by atoms with Gasteiger partial charge in [0.1, 0.15) is 5.75 Å². The first-order valence-corrected chi connectivity index (χ1v) is 11.8. The lowest BCUT2D eigenvalue weighted by molar-refractivity contribution is 0.134. The van der Waals surface area contributed by atoms with Gasteiger partial charge in [0.15, 0.2) is 0 Å². The Kier molecular flexibility index (Phi) is 5.73.